The van der Waals surface area contributed by atoms with E-state index in [1.165, 1.54) is 6.07 Å². The number of carbonyl (C=O) groups is 2. The molecule has 0 radical (unpaired) electrons. The molecule has 130 valence electrons. The Morgan fingerprint density at radius 2 is 1.84 bits per heavy atom. The maximum absolute atomic E-state index is 13.1. The van der Waals surface area contributed by atoms with Crippen molar-refractivity contribution >= 4 is 17.5 Å². The lowest BCUT2D eigenvalue weighted by atomic mass is 10.2. The number of hydrogen-bond donors (Lipinski definition) is 2. The predicted molar refractivity (Wildman–Crippen MR) is 84.4 cm³/mol. The monoisotopic (exact) mass is 348 g/mol. The lowest BCUT2D eigenvalue weighted by Crippen LogP contribution is -2.46. The van der Waals surface area contributed by atoms with E-state index in [0.29, 0.717) is 11.5 Å². The van der Waals surface area contributed by atoms with Crippen LogP contribution in [-0.4, -0.2) is 31.1 Å². The van der Waals surface area contributed by atoms with Crippen molar-refractivity contribution in [1.82, 2.24) is 5.32 Å². The van der Waals surface area contributed by atoms with Crippen LogP contribution in [0.15, 0.2) is 42.5 Å². The van der Waals surface area contributed by atoms with E-state index in [4.69, 9.17) is 9.47 Å². The van der Waals surface area contributed by atoms with Crippen LogP contribution in [0.2, 0.25) is 0 Å². The quantitative estimate of drug-likeness (QED) is 0.884. The molecule has 0 aliphatic carbocycles. The SMILES string of the molecule is O=C(CNC(=O)[C@H]1COc2ccccc2O1)Nc1ccc(F)c(F)c1. The molecule has 6 nitrogen and oxygen atoms in total. The number of ether oxygens (including phenoxy) is 2. The summed E-state index contributed by atoms with van der Waals surface area (Å²) in [4.78, 5) is 23.8. The van der Waals surface area contributed by atoms with Crippen LogP contribution in [0.1, 0.15) is 0 Å². The molecule has 1 atom stereocenters. The van der Waals surface area contributed by atoms with Crippen molar-refractivity contribution in [3.8, 4) is 11.5 Å². The minimum Gasteiger partial charge on any atom is -0.485 e. The molecule has 0 saturated heterocycles. The van der Waals surface area contributed by atoms with Gasteiger partial charge < -0.3 is 20.1 Å². The van der Waals surface area contributed by atoms with Crippen LogP contribution < -0.4 is 20.1 Å². The van der Waals surface area contributed by atoms with Crippen molar-refractivity contribution in [1.29, 1.82) is 0 Å². The zero-order valence-corrected chi connectivity index (χ0v) is 12.9. The van der Waals surface area contributed by atoms with Gasteiger partial charge in [-0.1, -0.05) is 12.1 Å². The molecule has 2 N–H and O–H groups in total. The van der Waals surface area contributed by atoms with Gasteiger partial charge in [0.2, 0.25) is 12.0 Å². The fraction of sp³-hybridized carbons (Fsp3) is 0.176. The molecule has 1 aliphatic heterocycles. The molecule has 1 heterocycles. The molecule has 0 aromatic heterocycles. The second-order valence-corrected chi connectivity index (χ2v) is 5.26. The molecule has 0 fully saturated rings. The van der Waals surface area contributed by atoms with Crippen molar-refractivity contribution < 1.29 is 27.8 Å². The standard InChI is InChI=1S/C17H14F2N2O4/c18-11-6-5-10(7-12(11)19)21-16(22)8-20-17(23)15-9-24-13-3-1-2-4-14(13)25-15/h1-7,15H,8-9H2,(H,20,23)(H,21,22)/t15-/m1/s1. The molecule has 8 heteroatoms. The van der Waals surface area contributed by atoms with Crippen LogP contribution >= 0.6 is 0 Å². The number of amides is 2. The highest BCUT2D eigenvalue weighted by atomic mass is 19.2. The number of rotatable bonds is 4. The lowest BCUT2D eigenvalue weighted by Gasteiger charge is -2.25. The summed E-state index contributed by atoms with van der Waals surface area (Å²) >= 11 is 0. The van der Waals surface area contributed by atoms with Crippen molar-refractivity contribution in [2.75, 3.05) is 18.5 Å². The average molecular weight is 348 g/mol. The van der Waals surface area contributed by atoms with Gasteiger partial charge in [-0.15, -0.1) is 0 Å². The van der Waals surface area contributed by atoms with Crippen LogP contribution in [0.25, 0.3) is 0 Å². The van der Waals surface area contributed by atoms with Gasteiger partial charge in [0.05, 0.1) is 6.54 Å². The molecule has 2 aromatic carbocycles. The Bertz CT molecular complexity index is 813. The summed E-state index contributed by atoms with van der Waals surface area (Å²) in [6.07, 6.45) is -0.883. The van der Waals surface area contributed by atoms with Gasteiger partial charge in [0.1, 0.15) is 6.61 Å². The van der Waals surface area contributed by atoms with Gasteiger partial charge in [0.25, 0.3) is 5.91 Å². The van der Waals surface area contributed by atoms with Crippen molar-refractivity contribution in [3.63, 3.8) is 0 Å². The van der Waals surface area contributed by atoms with Crippen molar-refractivity contribution in [2.45, 2.75) is 6.10 Å². The van der Waals surface area contributed by atoms with Crippen molar-refractivity contribution in [2.24, 2.45) is 0 Å². The Morgan fingerprint density at radius 3 is 2.60 bits per heavy atom. The van der Waals surface area contributed by atoms with Gasteiger partial charge in [-0.25, -0.2) is 8.78 Å². The number of carbonyl (C=O) groups excluding carboxylic acids is 2. The van der Waals surface area contributed by atoms with Gasteiger partial charge >= 0.3 is 0 Å². The Morgan fingerprint density at radius 1 is 1.08 bits per heavy atom. The highest BCUT2D eigenvalue weighted by molar-refractivity contribution is 5.95. The zero-order valence-electron chi connectivity index (χ0n) is 12.9. The van der Waals surface area contributed by atoms with Gasteiger partial charge in [-0.3, -0.25) is 9.59 Å². The molecule has 2 aromatic rings. The van der Waals surface area contributed by atoms with Gasteiger partial charge in [0, 0.05) is 11.8 Å². The average Bonchev–Trinajstić information content (AvgIpc) is 2.62. The molecule has 2 amide bonds. The number of halogens is 2. The second-order valence-electron chi connectivity index (χ2n) is 5.26. The number of benzene rings is 2. The fourth-order valence-electron chi connectivity index (χ4n) is 2.21. The first kappa shape index (κ1) is 16.7. The molecule has 0 unspecified atom stereocenters. The molecule has 3 rings (SSSR count). The third-order valence-corrected chi connectivity index (χ3v) is 3.43. The van der Waals surface area contributed by atoms with E-state index in [1.807, 2.05) is 0 Å². The smallest absolute Gasteiger partial charge is 0.265 e. The Kier molecular flexibility index (Phi) is 4.78. The van der Waals surface area contributed by atoms with Crippen LogP contribution in [0.4, 0.5) is 14.5 Å². The minimum atomic E-state index is -1.08. The maximum atomic E-state index is 13.1. The van der Waals surface area contributed by atoms with Crippen molar-refractivity contribution in [3.05, 3.63) is 54.1 Å². The number of anilines is 1. The van der Waals surface area contributed by atoms with E-state index in [9.17, 15) is 18.4 Å². The first-order chi connectivity index (χ1) is 12.0. The van der Waals surface area contributed by atoms with Crippen LogP contribution in [0, 0.1) is 11.6 Å². The molecule has 25 heavy (non-hydrogen) atoms. The van der Waals surface area contributed by atoms with E-state index in [1.54, 1.807) is 24.3 Å². The van der Waals surface area contributed by atoms with Crippen LogP contribution in [-0.2, 0) is 9.59 Å². The number of fused-ring (bicyclic) bond motifs is 1. The molecular formula is C17H14F2N2O4. The summed E-state index contributed by atoms with van der Waals surface area (Å²) < 4.78 is 36.8. The topological polar surface area (TPSA) is 76.7 Å². The highest BCUT2D eigenvalue weighted by Crippen LogP contribution is 2.30. The summed E-state index contributed by atoms with van der Waals surface area (Å²) in [5.74, 6) is -2.21. The maximum Gasteiger partial charge on any atom is 0.265 e. The van der Waals surface area contributed by atoms with Gasteiger partial charge in [0.15, 0.2) is 23.1 Å². The van der Waals surface area contributed by atoms with E-state index in [2.05, 4.69) is 10.6 Å². The summed E-state index contributed by atoms with van der Waals surface area (Å²) in [7, 11) is 0. The highest BCUT2D eigenvalue weighted by Gasteiger charge is 2.27. The lowest BCUT2D eigenvalue weighted by molar-refractivity contribution is -0.131. The summed E-state index contributed by atoms with van der Waals surface area (Å²) in [5, 5.41) is 4.76. The molecule has 0 bridgehead atoms. The number of hydrogen-bond acceptors (Lipinski definition) is 4. The van der Waals surface area contributed by atoms with E-state index < -0.39 is 29.6 Å². The van der Waals surface area contributed by atoms with Gasteiger partial charge in [-0.2, -0.15) is 0 Å². The van der Waals surface area contributed by atoms with E-state index in [0.717, 1.165) is 12.1 Å². The molecular weight excluding hydrogens is 334 g/mol. The molecule has 0 saturated carbocycles. The summed E-state index contributed by atoms with van der Waals surface area (Å²) in [6, 6.07) is 9.89. The number of nitrogens with one attached hydrogen (secondary N) is 2. The largest absolute Gasteiger partial charge is 0.485 e. The van der Waals surface area contributed by atoms with E-state index >= 15 is 0 Å². The summed E-state index contributed by atoms with van der Waals surface area (Å²) in [6.45, 7) is -0.326. The second kappa shape index (κ2) is 7.16. The zero-order chi connectivity index (χ0) is 17.8. The van der Waals surface area contributed by atoms with Crippen LogP contribution in [0.5, 0.6) is 11.5 Å². The van der Waals surface area contributed by atoms with E-state index in [-0.39, 0.29) is 18.8 Å². The Hall–Kier alpha value is -3.16. The third kappa shape index (κ3) is 4.03. The number of para-hydroxylation sites is 2. The predicted octanol–water partition coefficient (Wildman–Crippen LogP) is 1.86. The van der Waals surface area contributed by atoms with Crippen LogP contribution in [0.3, 0.4) is 0 Å². The minimum absolute atomic E-state index is 0.0215. The third-order valence-electron chi connectivity index (χ3n) is 3.43. The normalized spacial score (nSPS) is 15.4. The first-order valence-electron chi connectivity index (χ1n) is 7.44. The van der Waals surface area contributed by atoms with Gasteiger partial charge in [-0.05, 0) is 24.3 Å². The Balaban J connectivity index is 1.50. The molecule has 0 spiro atoms. The Labute approximate surface area is 141 Å². The summed E-state index contributed by atoms with van der Waals surface area (Å²) in [5.41, 5.74) is 0.0873. The fourth-order valence-corrected chi connectivity index (χ4v) is 2.21. The molecule has 1 aliphatic rings. The first-order valence-corrected chi connectivity index (χ1v) is 7.44.